The maximum atomic E-state index is 3.63. The summed E-state index contributed by atoms with van der Waals surface area (Å²) in [6.07, 6.45) is 4.81. The Morgan fingerprint density at radius 3 is 2.93 bits per heavy atom. The Kier molecular flexibility index (Phi) is 2.03. The molecule has 1 aromatic carbocycles. The first-order valence-electron chi connectivity index (χ1n) is 5.66. The van der Waals surface area contributed by atoms with Crippen LogP contribution in [0.5, 0.6) is 0 Å². The van der Waals surface area contributed by atoms with Gasteiger partial charge in [0.1, 0.15) is 0 Å². The Morgan fingerprint density at radius 1 is 1.33 bits per heavy atom. The Balaban J connectivity index is 1.95. The number of rotatable bonds is 3. The number of H-pyrrole nitrogens is 1. The fraction of sp³-hybridized carbons (Fsp3) is 0.385. The van der Waals surface area contributed by atoms with Crippen LogP contribution in [0.3, 0.4) is 0 Å². The van der Waals surface area contributed by atoms with Crippen molar-refractivity contribution in [3.63, 3.8) is 0 Å². The van der Waals surface area contributed by atoms with Crippen LogP contribution < -0.4 is 5.32 Å². The Morgan fingerprint density at radius 2 is 2.13 bits per heavy atom. The normalized spacial score (nSPS) is 18.2. The van der Waals surface area contributed by atoms with E-state index in [1.807, 2.05) is 0 Å². The zero-order valence-electron chi connectivity index (χ0n) is 8.96. The van der Waals surface area contributed by atoms with Crippen molar-refractivity contribution in [1.82, 2.24) is 10.3 Å². The van der Waals surface area contributed by atoms with Gasteiger partial charge in [0.2, 0.25) is 0 Å². The number of nitrogens with one attached hydrogen (secondary N) is 2. The fourth-order valence-corrected chi connectivity index (χ4v) is 2.15. The molecule has 1 aromatic heterocycles. The summed E-state index contributed by atoms with van der Waals surface area (Å²) in [4.78, 5) is 3.32. The van der Waals surface area contributed by atoms with E-state index in [9.17, 15) is 0 Å². The van der Waals surface area contributed by atoms with Gasteiger partial charge in [-0.3, -0.25) is 0 Å². The third kappa shape index (κ3) is 1.65. The van der Waals surface area contributed by atoms with E-state index in [0.717, 1.165) is 6.04 Å². The molecule has 15 heavy (non-hydrogen) atoms. The fourth-order valence-electron chi connectivity index (χ4n) is 2.15. The highest BCUT2D eigenvalue weighted by molar-refractivity contribution is 5.83. The molecule has 2 heteroatoms. The summed E-state index contributed by atoms with van der Waals surface area (Å²) in [6, 6.07) is 9.70. The zero-order valence-corrected chi connectivity index (χ0v) is 8.96. The monoisotopic (exact) mass is 200 g/mol. The molecule has 1 fully saturated rings. The zero-order chi connectivity index (χ0) is 10.3. The quantitative estimate of drug-likeness (QED) is 0.783. The molecule has 2 N–H and O–H groups in total. The summed E-state index contributed by atoms with van der Waals surface area (Å²) in [6.45, 7) is 2.24. The highest BCUT2D eigenvalue weighted by Gasteiger charge is 2.24. The maximum Gasteiger partial charge on any atom is 0.0457 e. The van der Waals surface area contributed by atoms with E-state index in [1.54, 1.807) is 0 Å². The van der Waals surface area contributed by atoms with Crippen molar-refractivity contribution in [2.24, 2.45) is 0 Å². The molecule has 2 nitrogen and oxygen atoms in total. The highest BCUT2D eigenvalue weighted by Crippen LogP contribution is 2.27. The van der Waals surface area contributed by atoms with Crippen molar-refractivity contribution in [3.8, 4) is 0 Å². The largest absolute Gasteiger partial charge is 0.361 e. The number of fused-ring (bicyclic) bond motifs is 1. The van der Waals surface area contributed by atoms with Gasteiger partial charge in [-0.2, -0.15) is 0 Å². The smallest absolute Gasteiger partial charge is 0.0457 e. The van der Waals surface area contributed by atoms with Crippen LogP contribution in [0.4, 0.5) is 0 Å². The lowest BCUT2D eigenvalue weighted by Gasteiger charge is -2.12. The second-order valence-electron chi connectivity index (χ2n) is 4.45. The number of aromatic amines is 1. The molecular formula is C13H16N2. The highest BCUT2D eigenvalue weighted by atomic mass is 15.0. The molecule has 0 radical (unpaired) electrons. The average molecular weight is 200 g/mol. The Hall–Kier alpha value is -1.28. The molecular weight excluding hydrogens is 184 g/mol. The van der Waals surface area contributed by atoms with Gasteiger partial charge in [-0.1, -0.05) is 18.2 Å². The average Bonchev–Trinajstić information content (AvgIpc) is 2.96. The third-order valence-electron chi connectivity index (χ3n) is 3.15. The van der Waals surface area contributed by atoms with Crippen LogP contribution in [-0.4, -0.2) is 11.0 Å². The van der Waals surface area contributed by atoms with Crippen molar-refractivity contribution < 1.29 is 0 Å². The van der Waals surface area contributed by atoms with Crippen molar-refractivity contribution in [2.45, 2.75) is 31.8 Å². The Bertz CT molecular complexity index is 468. The minimum Gasteiger partial charge on any atom is -0.361 e. The SMILES string of the molecule is CC(NC1CC1)c1c[nH]c2ccccc12. The van der Waals surface area contributed by atoms with E-state index in [2.05, 4.69) is 47.7 Å². The molecule has 0 spiro atoms. The van der Waals surface area contributed by atoms with Gasteiger partial charge in [-0.25, -0.2) is 0 Å². The molecule has 3 rings (SSSR count). The maximum absolute atomic E-state index is 3.63. The first-order valence-corrected chi connectivity index (χ1v) is 5.66. The molecule has 1 aliphatic rings. The standard InChI is InChI=1S/C13H16N2/c1-9(15-10-6-7-10)12-8-14-13-5-3-2-4-11(12)13/h2-5,8-10,14-15H,6-7H2,1H3. The second kappa shape index (κ2) is 3.38. The second-order valence-corrected chi connectivity index (χ2v) is 4.45. The van der Waals surface area contributed by atoms with Crippen LogP contribution in [0.15, 0.2) is 30.5 Å². The first-order chi connectivity index (χ1) is 7.34. The number of hydrogen-bond donors (Lipinski definition) is 2. The van der Waals surface area contributed by atoms with Crippen LogP contribution in [0, 0.1) is 0 Å². The predicted octanol–water partition coefficient (Wildman–Crippen LogP) is 2.98. The van der Waals surface area contributed by atoms with Gasteiger partial charge in [-0.15, -0.1) is 0 Å². The van der Waals surface area contributed by atoms with Crippen molar-refractivity contribution in [3.05, 3.63) is 36.0 Å². The third-order valence-corrected chi connectivity index (χ3v) is 3.15. The molecule has 1 unspecified atom stereocenters. The van der Waals surface area contributed by atoms with Gasteiger partial charge >= 0.3 is 0 Å². The van der Waals surface area contributed by atoms with Gasteiger partial charge in [-0.05, 0) is 31.4 Å². The van der Waals surface area contributed by atoms with Crippen LogP contribution >= 0.6 is 0 Å². The van der Waals surface area contributed by atoms with E-state index < -0.39 is 0 Å². The molecule has 1 saturated carbocycles. The number of para-hydroxylation sites is 1. The summed E-state index contributed by atoms with van der Waals surface area (Å²) >= 11 is 0. The number of aromatic nitrogens is 1. The van der Waals surface area contributed by atoms with Gasteiger partial charge in [0.05, 0.1) is 0 Å². The Labute approximate surface area is 89.7 Å². The first kappa shape index (κ1) is 8.98. The molecule has 0 aliphatic heterocycles. The summed E-state index contributed by atoms with van der Waals surface area (Å²) in [7, 11) is 0. The van der Waals surface area contributed by atoms with Crippen molar-refractivity contribution in [2.75, 3.05) is 0 Å². The molecule has 0 bridgehead atoms. The van der Waals surface area contributed by atoms with Crippen molar-refractivity contribution >= 4 is 10.9 Å². The lowest BCUT2D eigenvalue weighted by molar-refractivity contribution is 0.574. The summed E-state index contributed by atoms with van der Waals surface area (Å²) in [5.74, 6) is 0. The summed E-state index contributed by atoms with van der Waals surface area (Å²) in [5, 5.41) is 4.97. The van der Waals surface area contributed by atoms with E-state index in [4.69, 9.17) is 0 Å². The summed E-state index contributed by atoms with van der Waals surface area (Å²) in [5.41, 5.74) is 2.62. The molecule has 78 valence electrons. The van der Waals surface area contributed by atoms with Crippen molar-refractivity contribution in [1.29, 1.82) is 0 Å². The molecule has 2 aromatic rings. The van der Waals surface area contributed by atoms with E-state index in [-0.39, 0.29) is 0 Å². The van der Waals surface area contributed by atoms with E-state index in [1.165, 1.54) is 29.3 Å². The molecule has 1 atom stereocenters. The van der Waals surface area contributed by atoms with Gasteiger partial charge in [0.15, 0.2) is 0 Å². The van der Waals surface area contributed by atoms with E-state index in [0.29, 0.717) is 6.04 Å². The van der Waals surface area contributed by atoms with Crippen LogP contribution in [0.1, 0.15) is 31.4 Å². The number of benzene rings is 1. The topological polar surface area (TPSA) is 27.8 Å². The van der Waals surface area contributed by atoms with E-state index >= 15 is 0 Å². The molecule has 1 aliphatic carbocycles. The predicted molar refractivity (Wildman–Crippen MR) is 62.9 cm³/mol. The number of hydrogen-bond acceptors (Lipinski definition) is 1. The summed E-state index contributed by atoms with van der Waals surface area (Å²) < 4.78 is 0. The van der Waals surface area contributed by atoms with Gasteiger partial charge < -0.3 is 10.3 Å². The molecule has 1 heterocycles. The molecule has 0 amide bonds. The van der Waals surface area contributed by atoms with Gasteiger partial charge in [0.25, 0.3) is 0 Å². The lowest BCUT2D eigenvalue weighted by Crippen LogP contribution is -2.20. The minimum absolute atomic E-state index is 0.452. The molecule has 0 saturated heterocycles. The minimum atomic E-state index is 0.452. The van der Waals surface area contributed by atoms with Crippen LogP contribution in [-0.2, 0) is 0 Å². The van der Waals surface area contributed by atoms with Gasteiger partial charge in [0, 0.05) is 29.2 Å². The lowest BCUT2D eigenvalue weighted by atomic mass is 10.1. The van der Waals surface area contributed by atoms with Crippen LogP contribution in [0.25, 0.3) is 10.9 Å². The van der Waals surface area contributed by atoms with Crippen LogP contribution in [0.2, 0.25) is 0 Å².